The molecule has 0 aromatic heterocycles. The summed E-state index contributed by atoms with van der Waals surface area (Å²) < 4.78 is 11.6. The van der Waals surface area contributed by atoms with Gasteiger partial charge in [0.25, 0.3) is 0 Å². The quantitative estimate of drug-likeness (QED) is 0.572. The second-order valence-electron chi connectivity index (χ2n) is 4.55. The maximum absolute atomic E-state index is 8.92. The fourth-order valence-corrected chi connectivity index (χ4v) is 3.14. The molecule has 0 radical (unpaired) electrons. The van der Waals surface area contributed by atoms with Gasteiger partial charge in [0.15, 0.2) is 0 Å². The summed E-state index contributed by atoms with van der Waals surface area (Å²) in [5.74, 6) is 0.473. The highest BCUT2D eigenvalue weighted by Crippen LogP contribution is 2.46. The second-order valence-corrected chi connectivity index (χ2v) is 4.55. The molecule has 82 valence electrons. The van der Waals surface area contributed by atoms with E-state index in [1.165, 1.54) is 0 Å². The Morgan fingerprint density at radius 3 is 2.81 bits per heavy atom. The molecule has 3 aliphatic rings. The van der Waals surface area contributed by atoms with Crippen LogP contribution in [0.25, 0.3) is 0 Å². The van der Waals surface area contributed by atoms with Gasteiger partial charge < -0.3 is 9.47 Å². The molecule has 0 N–H and O–H groups in total. The Bertz CT molecular complexity index is 413. The molecule has 0 unspecified atom stereocenters. The van der Waals surface area contributed by atoms with E-state index in [2.05, 4.69) is 0 Å². The Morgan fingerprint density at radius 1 is 1.25 bits per heavy atom. The maximum Gasteiger partial charge on any atom is 0.131 e. The summed E-state index contributed by atoms with van der Waals surface area (Å²) in [6.45, 7) is 0.785. The third-order valence-corrected chi connectivity index (χ3v) is 3.87. The maximum atomic E-state index is 8.92. The van der Waals surface area contributed by atoms with Crippen LogP contribution in [0.1, 0.15) is 19.3 Å². The molecule has 2 bridgehead atoms. The number of hydrogen-bond acceptors (Lipinski definition) is 4. The van der Waals surface area contributed by atoms with Gasteiger partial charge in [0, 0.05) is 12.5 Å². The zero-order valence-electron chi connectivity index (χ0n) is 8.85. The number of rotatable bonds is 0. The molecule has 4 nitrogen and oxygen atoms in total. The standard InChI is InChI=1S/C12H12N2O2/c13-5-7(6-14)8-1-2-10-9-3-4-15-11(9)12(8)16-10/h9-12H,1-4H2/t9-,10-,11-,12+/m1/s1. The molecule has 3 rings (SSSR count). The lowest BCUT2D eigenvalue weighted by Crippen LogP contribution is -2.28. The SMILES string of the molecule is N#CC(C#N)=C1CC[C@H]2O[C@@H]1[C@@H]1OCC[C@@H]12. The smallest absolute Gasteiger partial charge is 0.131 e. The van der Waals surface area contributed by atoms with E-state index >= 15 is 0 Å². The molecule has 0 aromatic carbocycles. The largest absolute Gasteiger partial charge is 0.375 e. The average Bonchev–Trinajstić information content (AvgIpc) is 2.87. The minimum atomic E-state index is -0.138. The first-order valence-corrected chi connectivity index (χ1v) is 5.65. The molecule has 0 spiro atoms. The first-order chi connectivity index (χ1) is 7.85. The summed E-state index contributed by atoms with van der Waals surface area (Å²) in [6, 6.07) is 3.93. The lowest BCUT2D eigenvalue weighted by atomic mass is 9.95. The predicted molar refractivity (Wildman–Crippen MR) is 54.0 cm³/mol. The monoisotopic (exact) mass is 216 g/mol. The van der Waals surface area contributed by atoms with Crippen LogP contribution in [0.4, 0.5) is 0 Å². The minimum absolute atomic E-state index is 0.0826. The molecule has 4 atom stereocenters. The van der Waals surface area contributed by atoms with Crippen LogP contribution in [-0.2, 0) is 9.47 Å². The lowest BCUT2D eigenvalue weighted by molar-refractivity contribution is -0.0168. The summed E-state index contributed by atoms with van der Waals surface area (Å²) in [6.07, 6.45) is 3.00. The van der Waals surface area contributed by atoms with Crippen LogP contribution in [0.5, 0.6) is 0 Å². The normalized spacial score (nSPS) is 40.0. The predicted octanol–water partition coefficient (Wildman–Crippen LogP) is 1.30. The highest BCUT2D eigenvalue weighted by atomic mass is 16.6. The Labute approximate surface area is 94.1 Å². The Kier molecular flexibility index (Phi) is 2.21. The third kappa shape index (κ3) is 1.21. The summed E-state index contributed by atoms with van der Waals surface area (Å²) in [5.41, 5.74) is 1.08. The van der Waals surface area contributed by atoms with Gasteiger partial charge in [-0.25, -0.2) is 0 Å². The van der Waals surface area contributed by atoms with Gasteiger partial charge in [-0.1, -0.05) is 0 Å². The lowest BCUT2D eigenvalue weighted by Gasteiger charge is -2.25. The van der Waals surface area contributed by atoms with Crippen LogP contribution in [0.3, 0.4) is 0 Å². The molecule has 16 heavy (non-hydrogen) atoms. The van der Waals surface area contributed by atoms with E-state index in [1.54, 1.807) is 0 Å². The summed E-state index contributed by atoms with van der Waals surface area (Å²) >= 11 is 0. The van der Waals surface area contributed by atoms with Gasteiger partial charge in [-0.3, -0.25) is 0 Å². The number of ether oxygens (including phenoxy) is 2. The molecule has 0 amide bonds. The fraction of sp³-hybridized carbons (Fsp3) is 0.667. The van der Waals surface area contributed by atoms with Crippen LogP contribution in [0, 0.1) is 28.6 Å². The van der Waals surface area contributed by atoms with E-state index in [9.17, 15) is 0 Å². The van der Waals surface area contributed by atoms with Crippen molar-refractivity contribution in [3.8, 4) is 12.1 Å². The van der Waals surface area contributed by atoms with Gasteiger partial charge >= 0.3 is 0 Å². The van der Waals surface area contributed by atoms with Crippen molar-refractivity contribution in [1.82, 2.24) is 0 Å². The molecule has 3 aliphatic heterocycles. The van der Waals surface area contributed by atoms with Gasteiger partial charge in [-0.2, -0.15) is 10.5 Å². The van der Waals surface area contributed by atoms with E-state index < -0.39 is 0 Å². The van der Waals surface area contributed by atoms with Crippen LogP contribution < -0.4 is 0 Å². The van der Waals surface area contributed by atoms with Gasteiger partial charge in [-0.05, 0) is 24.8 Å². The van der Waals surface area contributed by atoms with E-state index in [4.69, 9.17) is 20.0 Å². The van der Waals surface area contributed by atoms with Crippen molar-refractivity contribution in [3.63, 3.8) is 0 Å². The minimum Gasteiger partial charge on any atom is -0.375 e. The third-order valence-electron chi connectivity index (χ3n) is 3.87. The topological polar surface area (TPSA) is 66.0 Å². The van der Waals surface area contributed by atoms with Crippen molar-refractivity contribution in [1.29, 1.82) is 10.5 Å². The number of nitrogens with zero attached hydrogens (tertiary/aromatic N) is 2. The first-order valence-electron chi connectivity index (χ1n) is 5.65. The summed E-state index contributed by atoms with van der Waals surface area (Å²) in [4.78, 5) is 0. The zero-order chi connectivity index (χ0) is 11.1. The highest BCUT2D eigenvalue weighted by Gasteiger charge is 2.52. The number of nitriles is 2. The molecule has 3 heterocycles. The van der Waals surface area contributed by atoms with Crippen molar-refractivity contribution in [2.24, 2.45) is 5.92 Å². The zero-order valence-corrected chi connectivity index (χ0v) is 8.85. The molecule has 3 fully saturated rings. The van der Waals surface area contributed by atoms with Crippen LogP contribution in [0.15, 0.2) is 11.1 Å². The van der Waals surface area contributed by atoms with Crippen molar-refractivity contribution < 1.29 is 9.47 Å². The van der Waals surface area contributed by atoms with Crippen molar-refractivity contribution in [2.75, 3.05) is 6.61 Å². The Morgan fingerprint density at radius 2 is 2.06 bits per heavy atom. The number of allylic oxidation sites excluding steroid dienone is 1. The molecule has 4 heteroatoms. The Balaban J connectivity index is 1.99. The van der Waals surface area contributed by atoms with E-state index in [1.807, 2.05) is 12.1 Å². The first kappa shape index (κ1) is 9.84. The van der Waals surface area contributed by atoms with Crippen LogP contribution in [0.2, 0.25) is 0 Å². The van der Waals surface area contributed by atoms with Gasteiger partial charge in [0.05, 0.1) is 12.2 Å². The summed E-state index contributed by atoms with van der Waals surface area (Å²) in [5, 5.41) is 17.8. The average molecular weight is 216 g/mol. The number of hydrogen-bond donors (Lipinski definition) is 0. The van der Waals surface area contributed by atoms with E-state index in [-0.39, 0.29) is 23.9 Å². The van der Waals surface area contributed by atoms with Crippen molar-refractivity contribution in [3.05, 3.63) is 11.1 Å². The van der Waals surface area contributed by atoms with Gasteiger partial charge in [0.2, 0.25) is 0 Å². The van der Waals surface area contributed by atoms with E-state index in [0.29, 0.717) is 5.92 Å². The van der Waals surface area contributed by atoms with Crippen molar-refractivity contribution in [2.45, 2.75) is 37.6 Å². The van der Waals surface area contributed by atoms with E-state index in [0.717, 1.165) is 31.4 Å². The molecule has 3 saturated heterocycles. The fourth-order valence-electron chi connectivity index (χ4n) is 3.14. The van der Waals surface area contributed by atoms with Crippen LogP contribution >= 0.6 is 0 Å². The number of fused-ring (bicyclic) bond motifs is 5. The van der Waals surface area contributed by atoms with Crippen molar-refractivity contribution >= 4 is 0 Å². The Hall–Kier alpha value is -1.36. The summed E-state index contributed by atoms with van der Waals surface area (Å²) in [7, 11) is 0. The molecular weight excluding hydrogens is 204 g/mol. The molecule has 0 aromatic rings. The molecular formula is C12H12N2O2. The molecule has 0 saturated carbocycles. The molecule has 0 aliphatic carbocycles. The highest BCUT2D eigenvalue weighted by molar-refractivity contribution is 5.43. The van der Waals surface area contributed by atoms with Gasteiger partial charge in [-0.15, -0.1) is 0 Å². The van der Waals surface area contributed by atoms with Crippen LogP contribution in [-0.4, -0.2) is 24.9 Å². The van der Waals surface area contributed by atoms with Gasteiger partial charge in [0.1, 0.15) is 23.8 Å². The second kappa shape index (κ2) is 3.59.